The molecule has 3 nitrogen and oxygen atoms in total. The number of halogens is 3. The summed E-state index contributed by atoms with van der Waals surface area (Å²) < 4.78 is 4.69. The number of ether oxygens (including phenoxy) is 1. The van der Waals surface area contributed by atoms with Crippen LogP contribution in [-0.2, 0) is 9.53 Å². The summed E-state index contributed by atoms with van der Waals surface area (Å²) in [6.07, 6.45) is 0.823. The highest BCUT2D eigenvalue weighted by Gasteiger charge is 2.27. The van der Waals surface area contributed by atoms with E-state index in [9.17, 15) is 4.79 Å². The average molecular weight is 339 g/mol. The zero-order valence-corrected chi connectivity index (χ0v) is 13.9. The molecule has 1 unspecified atom stereocenters. The minimum Gasteiger partial charge on any atom is -0.469 e. The van der Waals surface area contributed by atoms with Crippen molar-refractivity contribution in [2.24, 2.45) is 11.1 Å². The minimum absolute atomic E-state index is 0.268. The lowest BCUT2D eigenvalue weighted by molar-refractivity contribution is -0.143. The fourth-order valence-corrected chi connectivity index (χ4v) is 3.24. The molecule has 0 aromatic heterocycles. The number of rotatable bonds is 5. The molecule has 0 fully saturated rings. The zero-order chi connectivity index (χ0) is 15.5. The first kappa shape index (κ1) is 17.6. The predicted octanol–water partition coefficient (Wildman–Crippen LogP) is 4.63. The summed E-state index contributed by atoms with van der Waals surface area (Å²) in [6.45, 7) is 3.89. The van der Waals surface area contributed by atoms with E-state index in [1.54, 1.807) is 12.1 Å². The fourth-order valence-electron chi connectivity index (χ4n) is 2.14. The van der Waals surface area contributed by atoms with E-state index in [0.717, 1.165) is 0 Å². The molecule has 0 radical (unpaired) electrons. The third-order valence-corrected chi connectivity index (χ3v) is 3.88. The second-order valence-electron chi connectivity index (χ2n) is 5.51. The van der Waals surface area contributed by atoms with Gasteiger partial charge in [-0.15, -0.1) is 0 Å². The topological polar surface area (TPSA) is 52.3 Å². The van der Waals surface area contributed by atoms with Crippen LogP contribution in [0.2, 0.25) is 15.1 Å². The lowest BCUT2D eigenvalue weighted by Gasteiger charge is -2.28. The Morgan fingerprint density at radius 2 is 1.80 bits per heavy atom. The van der Waals surface area contributed by atoms with E-state index in [2.05, 4.69) is 4.74 Å². The molecule has 0 aliphatic heterocycles. The average Bonchev–Trinajstić information content (AvgIpc) is 2.25. The SMILES string of the molecule is COC(=O)CC(C)(C)CC(N)c1c(Cl)cc(Cl)cc1Cl. The van der Waals surface area contributed by atoms with Crippen molar-refractivity contribution < 1.29 is 9.53 Å². The quantitative estimate of drug-likeness (QED) is 0.797. The summed E-state index contributed by atoms with van der Waals surface area (Å²) in [5, 5.41) is 1.33. The van der Waals surface area contributed by atoms with E-state index < -0.39 is 0 Å². The molecule has 1 aromatic rings. The molecule has 0 amide bonds. The molecular formula is C14H18Cl3NO2. The summed E-state index contributed by atoms with van der Waals surface area (Å²) in [6, 6.07) is 2.83. The van der Waals surface area contributed by atoms with Crippen LogP contribution in [0.15, 0.2) is 12.1 Å². The Morgan fingerprint density at radius 1 is 1.30 bits per heavy atom. The van der Waals surface area contributed by atoms with Crippen molar-refractivity contribution in [1.82, 2.24) is 0 Å². The second kappa shape index (κ2) is 6.99. The van der Waals surface area contributed by atoms with Gasteiger partial charge in [0.2, 0.25) is 0 Å². The Labute approximate surface area is 134 Å². The van der Waals surface area contributed by atoms with Crippen LogP contribution >= 0.6 is 34.8 Å². The van der Waals surface area contributed by atoms with Gasteiger partial charge in [-0.2, -0.15) is 0 Å². The highest BCUT2D eigenvalue weighted by molar-refractivity contribution is 6.39. The molecule has 0 spiro atoms. The Kier molecular flexibility index (Phi) is 6.14. The summed E-state index contributed by atoms with van der Waals surface area (Å²) in [7, 11) is 1.37. The van der Waals surface area contributed by atoms with Crippen LogP contribution in [0.3, 0.4) is 0 Å². The van der Waals surface area contributed by atoms with Crippen LogP contribution in [-0.4, -0.2) is 13.1 Å². The molecule has 0 saturated heterocycles. The van der Waals surface area contributed by atoms with Gasteiger partial charge in [0.1, 0.15) is 0 Å². The van der Waals surface area contributed by atoms with Crippen molar-refractivity contribution in [1.29, 1.82) is 0 Å². The Morgan fingerprint density at radius 3 is 2.25 bits per heavy atom. The molecule has 0 bridgehead atoms. The molecule has 0 heterocycles. The predicted molar refractivity (Wildman–Crippen MR) is 83.4 cm³/mol. The number of benzene rings is 1. The van der Waals surface area contributed by atoms with E-state index in [1.807, 2.05) is 13.8 Å². The summed E-state index contributed by atoms with van der Waals surface area (Å²) in [5.41, 5.74) is 6.51. The van der Waals surface area contributed by atoms with Crippen molar-refractivity contribution in [2.45, 2.75) is 32.7 Å². The van der Waals surface area contributed by atoms with Gasteiger partial charge in [-0.3, -0.25) is 4.79 Å². The number of nitrogens with two attached hydrogens (primary N) is 1. The van der Waals surface area contributed by atoms with Gasteiger partial charge in [-0.1, -0.05) is 48.7 Å². The molecular weight excluding hydrogens is 321 g/mol. The van der Waals surface area contributed by atoms with Crippen molar-refractivity contribution >= 4 is 40.8 Å². The summed E-state index contributed by atoms with van der Waals surface area (Å²) in [4.78, 5) is 11.4. The van der Waals surface area contributed by atoms with Crippen molar-refractivity contribution in [3.63, 3.8) is 0 Å². The molecule has 0 aliphatic rings. The van der Waals surface area contributed by atoms with Crippen LogP contribution in [0.1, 0.15) is 38.3 Å². The molecule has 0 saturated carbocycles. The molecule has 20 heavy (non-hydrogen) atoms. The molecule has 6 heteroatoms. The van der Waals surface area contributed by atoms with E-state index >= 15 is 0 Å². The lowest BCUT2D eigenvalue weighted by atomic mass is 9.81. The number of carbonyl (C=O) groups excluding carboxylic acids is 1. The Bertz CT molecular complexity index is 480. The van der Waals surface area contributed by atoms with Crippen molar-refractivity contribution in [3.8, 4) is 0 Å². The molecule has 2 N–H and O–H groups in total. The molecule has 1 rings (SSSR count). The van der Waals surface area contributed by atoms with Crippen LogP contribution in [0.25, 0.3) is 0 Å². The smallest absolute Gasteiger partial charge is 0.306 e. The van der Waals surface area contributed by atoms with Gasteiger partial charge < -0.3 is 10.5 Å². The molecule has 112 valence electrons. The van der Waals surface area contributed by atoms with Gasteiger partial charge >= 0.3 is 5.97 Å². The summed E-state index contributed by atoms with van der Waals surface area (Å²) >= 11 is 18.2. The van der Waals surface area contributed by atoms with Crippen LogP contribution in [0.5, 0.6) is 0 Å². The highest BCUT2D eigenvalue weighted by Crippen LogP contribution is 2.38. The van der Waals surface area contributed by atoms with Gasteiger partial charge in [0.05, 0.1) is 13.5 Å². The van der Waals surface area contributed by atoms with Crippen molar-refractivity contribution in [2.75, 3.05) is 7.11 Å². The number of hydrogen-bond acceptors (Lipinski definition) is 3. The van der Waals surface area contributed by atoms with Crippen LogP contribution in [0.4, 0.5) is 0 Å². The number of carbonyl (C=O) groups is 1. The van der Waals surface area contributed by atoms with Crippen molar-refractivity contribution in [3.05, 3.63) is 32.8 Å². The van der Waals surface area contributed by atoms with Gasteiger partial charge in [0, 0.05) is 26.7 Å². The van der Waals surface area contributed by atoms with E-state index in [4.69, 9.17) is 40.5 Å². The lowest BCUT2D eigenvalue weighted by Crippen LogP contribution is -2.25. The normalized spacial score (nSPS) is 13.2. The first-order valence-electron chi connectivity index (χ1n) is 6.13. The van der Waals surface area contributed by atoms with E-state index in [-0.39, 0.29) is 23.8 Å². The monoisotopic (exact) mass is 337 g/mol. The largest absolute Gasteiger partial charge is 0.469 e. The number of esters is 1. The first-order valence-corrected chi connectivity index (χ1v) is 7.26. The zero-order valence-electron chi connectivity index (χ0n) is 11.7. The first-order chi connectivity index (χ1) is 9.16. The Balaban J connectivity index is 2.91. The third-order valence-electron chi connectivity index (χ3n) is 3.04. The Hall–Kier alpha value is -0.480. The van der Waals surface area contributed by atoms with Gasteiger partial charge in [-0.25, -0.2) is 0 Å². The maximum Gasteiger partial charge on any atom is 0.306 e. The number of hydrogen-bond donors (Lipinski definition) is 1. The maximum atomic E-state index is 11.4. The molecule has 1 aromatic carbocycles. The van der Waals surface area contributed by atoms with Crippen LogP contribution < -0.4 is 5.73 Å². The summed E-state index contributed by atoms with van der Waals surface area (Å²) in [5.74, 6) is -0.268. The van der Waals surface area contributed by atoms with Gasteiger partial charge in [0.15, 0.2) is 0 Å². The van der Waals surface area contributed by atoms with E-state index in [1.165, 1.54) is 7.11 Å². The highest BCUT2D eigenvalue weighted by atomic mass is 35.5. The molecule has 0 aliphatic carbocycles. The molecule has 1 atom stereocenters. The minimum atomic E-state index is -0.382. The second-order valence-corrected chi connectivity index (χ2v) is 6.76. The number of methoxy groups -OCH3 is 1. The standard InChI is InChI=1S/C14H18Cl3NO2/c1-14(2,7-12(19)20-3)6-11(18)13-9(16)4-8(15)5-10(13)17/h4-5,11H,6-7,18H2,1-3H3. The van der Waals surface area contributed by atoms with Gasteiger partial charge in [-0.05, 0) is 24.0 Å². The maximum absolute atomic E-state index is 11.4. The fraction of sp³-hybridized carbons (Fsp3) is 0.500. The van der Waals surface area contributed by atoms with Crippen LogP contribution in [0, 0.1) is 5.41 Å². The van der Waals surface area contributed by atoms with Gasteiger partial charge in [0.25, 0.3) is 0 Å². The van der Waals surface area contributed by atoms with E-state index in [0.29, 0.717) is 27.1 Å². The third kappa shape index (κ3) is 4.81.